The minimum Gasteiger partial charge on any atom is -0.490 e. The molecule has 1 aromatic rings. The van der Waals surface area contributed by atoms with Gasteiger partial charge in [0.15, 0.2) is 11.6 Å². The van der Waals surface area contributed by atoms with E-state index in [1.165, 1.54) is 24.9 Å². The first kappa shape index (κ1) is 14.8. The van der Waals surface area contributed by atoms with Crippen LogP contribution in [-0.2, 0) is 9.53 Å². The highest BCUT2D eigenvalue weighted by Gasteiger charge is 2.12. The van der Waals surface area contributed by atoms with Crippen molar-refractivity contribution in [2.45, 2.75) is 6.04 Å². The van der Waals surface area contributed by atoms with Gasteiger partial charge in [0, 0.05) is 11.5 Å². The fourth-order valence-electron chi connectivity index (χ4n) is 1.20. The van der Waals surface area contributed by atoms with Crippen molar-refractivity contribution in [2.24, 2.45) is 5.73 Å². The van der Waals surface area contributed by atoms with E-state index in [-0.39, 0.29) is 11.6 Å². The average molecular weight is 273 g/mol. The third-order valence-electron chi connectivity index (χ3n) is 2.12. The van der Waals surface area contributed by atoms with Crippen LogP contribution in [0.25, 0.3) is 0 Å². The summed E-state index contributed by atoms with van der Waals surface area (Å²) < 4.78 is 22.9. The quantitative estimate of drug-likeness (QED) is 0.601. The Bertz CT molecular complexity index is 389. The third kappa shape index (κ3) is 4.93. The zero-order valence-corrected chi connectivity index (χ0v) is 10.9. The molecule has 1 rings (SSSR count). The van der Waals surface area contributed by atoms with Gasteiger partial charge in [-0.1, -0.05) is 12.1 Å². The summed E-state index contributed by atoms with van der Waals surface area (Å²) in [7, 11) is 1.30. The highest BCUT2D eigenvalue weighted by Crippen LogP contribution is 2.15. The number of hydrogen-bond acceptors (Lipinski definition) is 5. The molecular formula is C12H16FNO3S. The average Bonchev–Trinajstić information content (AvgIpc) is 2.39. The molecule has 0 fully saturated rings. The number of rotatable bonds is 7. The Morgan fingerprint density at radius 3 is 2.89 bits per heavy atom. The maximum absolute atomic E-state index is 13.2. The van der Waals surface area contributed by atoms with Crippen LogP contribution in [0.4, 0.5) is 4.39 Å². The molecule has 100 valence electrons. The number of benzene rings is 1. The fraction of sp³-hybridized carbons (Fsp3) is 0.417. The molecule has 2 N–H and O–H groups in total. The summed E-state index contributed by atoms with van der Waals surface area (Å²) in [6.45, 7) is 0.361. The monoisotopic (exact) mass is 273 g/mol. The molecule has 0 saturated heterocycles. The Hall–Kier alpha value is -1.27. The minimum absolute atomic E-state index is 0.232. The fourth-order valence-corrected chi connectivity index (χ4v) is 1.96. The van der Waals surface area contributed by atoms with Crippen LogP contribution in [0.1, 0.15) is 0 Å². The molecule has 1 atom stereocenters. The predicted octanol–water partition coefficient (Wildman–Crippen LogP) is 1.44. The molecule has 0 amide bonds. The molecule has 0 heterocycles. The van der Waals surface area contributed by atoms with Crippen molar-refractivity contribution in [3.05, 3.63) is 30.1 Å². The van der Waals surface area contributed by atoms with Gasteiger partial charge in [-0.25, -0.2) is 4.39 Å². The van der Waals surface area contributed by atoms with Crippen molar-refractivity contribution in [2.75, 3.05) is 25.2 Å². The van der Waals surface area contributed by atoms with Crippen LogP contribution in [0.15, 0.2) is 24.3 Å². The number of carbonyl (C=O) groups excluding carboxylic acids is 1. The number of carbonyl (C=O) groups is 1. The van der Waals surface area contributed by atoms with Crippen molar-refractivity contribution < 1.29 is 18.7 Å². The van der Waals surface area contributed by atoms with E-state index in [9.17, 15) is 9.18 Å². The van der Waals surface area contributed by atoms with Crippen LogP contribution < -0.4 is 10.5 Å². The highest BCUT2D eigenvalue weighted by atomic mass is 32.2. The summed E-state index contributed by atoms with van der Waals surface area (Å²) in [6.07, 6.45) is 0. The molecule has 4 nitrogen and oxygen atoms in total. The summed E-state index contributed by atoms with van der Waals surface area (Å²) >= 11 is 1.46. The van der Waals surface area contributed by atoms with Crippen molar-refractivity contribution in [3.8, 4) is 5.75 Å². The van der Waals surface area contributed by atoms with Gasteiger partial charge < -0.3 is 15.2 Å². The molecule has 18 heavy (non-hydrogen) atoms. The lowest BCUT2D eigenvalue weighted by atomic mass is 10.3. The van der Waals surface area contributed by atoms with Gasteiger partial charge in [-0.15, -0.1) is 0 Å². The van der Waals surface area contributed by atoms with E-state index in [0.717, 1.165) is 0 Å². The number of para-hydroxylation sites is 1. The molecule has 0 aliphatic carbocycles. The normalized spacial score (nSPS) is 11.9. The first-order chi connectivity index (χ1) is 8.65. The lowest BCUT2D eigenvalue weighted by molar-refractivity contribution is -0.141. The summed E-state index contributed by atoms with van der Waals surface area (Å²) in [5.41, 5.74) is 5.55. The highest BCUT2D eigenvalue weighted by molar-refractivity contribution is 7.99. The second-order valence-corrected chi connectivity index (χ2v) is 4.63. The van der Waals surface area contributed by atoms with Crippen LogP contribution in [0.3, 0.4) is 0 Å². The number of halogens is 1. The van der Waals surface area contributed by atoms with Crippen molar-refractivity contribution in [3.63, 3.8) is 0 Å². The van der Waals surface area contributed by atoms with Gasteiger partial charge in [-0.05, 0) is 12.1 Å². The van der Waals surface area contributed by atoms with E-state index in [0.29, 0.717) is 18.1 Å². The Morgan fingerprint density at radius 2 is 2.22 bits per heavy atom. The number of methoxy groups -OCH3 is 1. The second kappa shape index (κ2) is 7.94. The van der Waals surface area contributed by atoms with Crippen molar-refractivity contribution in [1.82, 2.24) is 0 Å². The number of esters is 1. The number of ether oxygens (including phenoxy) is 2. The van der Waals surface area contributed by atoms with Crippen LogP contribution in [0.5, 0.6) is 5.75 Å². The Kier molecular flexibility index (Phi) is 6.53. The largest absolute Gasteiger partial charge is 0.490 e. The Labute approximate surface area is 110 Å². The molecule has 1 unspecified atom stereocenters. The first-order valence-corrected chi connectivity index (χ1v) is 6.59. The number of thioether (sulfide) groups is 1. The van der Waals surface area contributed by atoms with Crippen LogP contribution >= 0.6 is 11.8 Å². The maximum Gasteiger partial charge on any atom is 0.323 e. The van der Waals surface area contributed by atoms with Gasteiger partial charge in [0.1, 0.15) is 6.04 Å². The smallest absolute Gasteiger partial charge is 0.323 e. The molecule has 0 spiro atoms. The first-order valence-electron chi connectivity index (χ1n) is 5.43. The van der Waals surface area contributed by atoms with Gasteiger partial charge in [-0.3, -0.25) is 4.79 Å². The van der Waals surface area contributed by atoms with Gasteiger partial charge >= 0.3 is 5.97 Å². The summed E-state index contributed by atoms with van der Waals surface area (Å²) in [5.74, 6) is 0.494. The molecule has 0 saturated carbocycles. The van der Waals surface area contributed by atoms with Gasteiger partial charge in [0.05, 0.1) is 13.7 Å². The summed E-state index contributed by atoms with van der Waals surface area (Å²) in [6, 6.07) is 5.59. The number of nitrogens with two attached hydrogens (primary N) is 1. The molecule has 0 aromatic heterocycles. The molecular weight excluding hydrogens is 257 g/mol. The van der Waals surface area contributed by atoms with Gasteiger partial charge in [-0.2, -0.15) is 11.8 Å². The van der Waals surface area contributed by atoms with E-state index in [1.54, 1.807) is 18.2 Å². The SMILES string of the molecule is COC(=O)C(N)CSCCOc1ccccc1F. The van der Waals surface area contributed by atoms with E-state index < -0.39 is 12.0 Å². The van der Waals surface area contributed by atoms with E-state index in [1.807, 2.05) is 0 Å². The molecule has 1 aromatic carbocycles. The zero-order valence-electron chi connectivity index (χ0n) is 10.1. The second-order valence-electron chi connectivity index (χ2n) is 3.48. The maximum atomic E-state index is 13.2. The molecule has 0 aliphatic rings. The standard InChI is InChI=1S/C12H16FNO3S/c1-16-12(15)10(14)8-18-7-6-17-11-5-3-2-4-9(11)13/h2-5,10H,6-8,14H2,1H3. The van der Waals surface area contributed by atoms with Crippen LogP contribution in [-0.4, -0.2) is 37.2 Å². The van der Waals surface area contributed by atoms with Crippen LogP contribution in [0, 0.1) is 5.82 Å². The van der Waals surface area contributed by atoms with Gasteiger partial charge in [0.2, 0.25) is 0 Å². The number of hydrogen-bond donors (Lipinski definition) is 1. The Morgan fingerprint density at radius 1 is 1.50 bits per heavy atom. The van der Waals surface area contributed by atoms with E-state index >= 15 is 0 Å². The molecule has 0 bridgehead atoms. The lowest BCUT2D eigenvalue weighted by Gasteiger charge is -2.09. The molecule has 0 radical (unpaired) electrons. The summed E-state index contributed by atoms with van der Waals surface area (Å²) in [5, 5.41) is 0. The molecule has 6 heteroatoms. The van der Waals surface area contributed by atoms with E-state index in [2.05, 4.69) is 4.74 Å². The van der Waals surface area contributed by atoms with Crippen molar-refractivity contribution >= 4 is 17.7 Å². The van der Waals surface area contributed by atoms with Gasteiger partial charge in [0.25, 0.3) is 0 Å². The minimum atomic E-state index is -0.631. The molecule has 0 aliphatic heterocycles. The van der Waals surface area contributed by atoms with Crippen LogP contribution in [0.2, 0.25) is 0 Å². The Balaban J connectivity index is 2.16. The summed E-state index contributed by atoms with van der Waals surface area (Å²) in [4.78, 5) is 11.0. The van der Waals surface area contributed by atoms with E-state index in [4.69, 9.17) is 10.5 Å². The zero-order chi connectivity index (χ0) is 13.4. The topological polar surface area (TPSA) is 61.5 Å². The van der Waals surface area contributed by atoms with Crippen molar-refractivity contribution in [1.29, 1.82) is 0 Å². The predicted molar refractivity (Wildman–Crippen MR) is 69.2 cm³/mol. The lowest BCUT2D eigenvalue weighted by Crippen LogP contribution is -2.34. The third-order valence-corrected chi connectivity index (χ3v) is 3.17.